The Kier molecular flexibility index (Phi) is 7.29. The molecule has 1 aliphatic heterocycles. The molecule has 0 saturated carbocycles. The van der Waals surface area contributed by atoms with Crippen molar-refractivity contribution in [3.63, 3.8) is 0 Å². The van der Waals surface area contributed by atoms with Crippen LogP contribution in [0.1, 0.15) is 28.8 Å². The average molecular weight is 470 g/mol. The molecule has 2 heterocycles. The Labute approximate surface area is 195 Å². The summed E-state index contributed by atoms with van der Waals surface area (Å²) < 4.78 is 7.16. The average Bonchev–Trinajstić information content (AvgIpc) is 3.32. The predicted molar refractivity (Wildman–Crippen MR) is 129 cm³/mol. The number of thioether (sulfide) groups is 1. The summed E-state index contributed by atoms with van der Waals surface area (Å²) in [5.74, 6) is 0.434. The first kappa shape index (κ1) is 22.6. The molecule has 0 radical (unpaired) electrons. The maximum absolute atomic E-state index is 13.1. The number of hydrogen-bond acceptors (Lipinski definition) is 5. The fourth-order valence-corrected chi connectivity index (χ4v) is 4.68. The molecular weight excluding hydrogens is 446 g/mol. The quantitative estimate of drug-likeness (QED) is 0.300. The Morgan fingerprint density at radius 2 is 2.12 bits per heavy atom. The van der Waals surface area contributed by atoms with Gasteiger partial charge in [0, 0.05) is 36.0 Å². The van der Waals surface area contributed by atoms with Crippen LogP contribution >= 0.6 is 23.4 Å². The molecule has 6 nitrogen and oxygen atoms in total. The Morgan fingerprint density at radius 1 is 1.31 bits per heavy atom. The van der Waals surface area contributed by atoms with Crippen LogP contribution in [-0.4, -0.2) is 34.7 Å². The van der Waals surface area contributed by atoms with Crippen LogP contribution in [-0.2, 0) is 17.0 Å². The topological polar surface area (TPSA) is 73.2 Å². The van der Waals surface area contributed by atoms with Crippen molar-refractivity contribution in [1.29, 1.82) is 0 Å². The molecule has 1 aliphatic rings. The number of aromatic nitrogens is 2. The molecule has 2 aromatic carbocycles. The monoisotopic (exact) mass is 469 g/mol. The summed E-state index contributed by atoms with van der Waals surface area (Å²) in [7, 11) is 0. The van der Waals surface area contributed by atoms with Gasteiger partial charge in [-0.05, 0) is 48.7 Å². The van der Waals surface area contributed by atoms with E-state index in [-0.39, 0.29) is 17.6 Å². The van der Waals surface area contributed by atoms with Gasteiger partial charge in [0.25, 0.3) is 11.5 Å². The second-order valence-corrected chi connectivity index (χ2v) is 8.97. The molecule has 1 fully saturated rings. The van der Waals surface area contributed by atoms with Crippen LogP contribution < -0.4 is 10.9 Å². The molecule has 0 spiro atoms. The molecule has 1 aromatic heterocycles. The molecule has 1 N–H and O–H groups in total. The molecule has 1 atom stereocenters. The molecular formula is C24H24ClN3O3S. The van der Waals surface area contributed by atoms with E-state index >= 15 is 0 Å². The van der Waals surface area contributed by atoms with E-state index in [1.807, 2.05) is 24.3 Å². The summed E-state index contributed by atoms with van der Waals surface area (Å²) in [6.07, 6.45) is 3.72. The second-order valence-electron chi connectivity index (χ2n) is 7.59. The molecule has 8 heteroatoms. The number of nitrogens with zero attached hydrogens (tertiary/aromatic N) is 2. The fourth-order valence-electron chi connectivity index (χ4n) is 3.58. The molecule has 0 aliphatic carbocycles. The standard InChI is InChI=1S/C24H24ClN3O3S/c1-2-11-28-23(30)20-10-7-17(22(29)26-14-19-4-3-12-31-19)13-21(20)27-24(28)32-15-16-5-8-18(25)9-6-16/h2,5-10,13,19H,1,3-4,11-12,14-15H2,(H,26,29)/t19-/m1/s1. The molecule has 166 valence electrons. The smallest absolute Gasteiger partial charge is 0.262 e. The minimum absolute atomic E-state index is 0.0690. The minimum atomic E-state index is -0.199. The highest BCUT2D eigenvalue weighted by atomic mass is 35.5. The lowest BCUT2D eigenvalue weighted by atomic mass is 10.1. The van der Waals surface area contributed by atoms with Gasteiger partial charge in [0.1, 0.15) is 0 Å². The van der Waals surface area contributed by atoms with Gasteiger partial charge in [-0.25, -0.2) is 4.98 Å². The van der Waals surface area contributed by atoms with Crippen LogP contribution in [0.15, 0.2) is 65.1 Å². The summed E-state index contributed by atoms with van der Waals surface area (Å²) >= 11 is 7.43. The van der Waals surface area contributed by atoms with Crippen LogP contribution in [0.3, 0.4) is 0 Å². The van der Waals surface area contributed by atoms with E-state index in [1.165, 1.54) is 11.8 Å². The van der Waals surface area contributed by atoms with Crippen LogP contribution in [0.25, 0.3) is 10.9 Å². The molecule has 0 unspecified atom stereocenters. The van der Waals surface area contributed by atoms with Crippen molar-refractivity contribution < 1.29 is 9.53 Å². The van der Waals surface area contributed by atoms with Crippen molar-refractivity contribution in [2.24, 2.45) is 0 Å². The van der Waals surface area contributed by atoms with E-state index in [1.54, 1.807) is 28.8 Å². The lowest BCUT2D eigenvalue weighted by molar-refractivity contribution is 0.0858. The first-order chi connectivity index (χ1) is 15.5. The largest absolute Gasteiger partial charge is 0.376 e. The van der Waals surface area contributed by atoms with E-state index in [0.717, 1.165) is 25.0 Å². The first-order valence-electron chi connectivity index (χ1n) is 10.5. The van der Waals surface area contributed by atoms with Crippen molar-refractivity contribution in [2.45, 2.75) is 36.4 Å². The van der Waals surface area contributed by atoms with Gasteiger partial charge in [-0.1, -0.05) is 41.6 Å². The summed E-state index contributed by atoms with van der Waals surface area (Å²) in [6, 6.07) is 12.6. The molecule has 4 rings (SSSR count). The number of rotatable bonds is 8. The lowest BCUT2D eigenvalue weighted by Gasteiger charge is -2.13. The molecule has 1 saturated heterocycles. The van der Waals surface area contributed by atoms with Gasteiger partial charge in [-0.3, -0.25) is 14.2 Å². The Balaban J connectivity index is 1.60. The third kappa shape index (κ3) is 5.23. The second kappa shape index (κ2) is 10.3. The summed E-state index contributed by atoms with van der Waals surface area (Å²) in [5.41, 5.74) is 1.89. The Morgan fingerprint density at radius 3 is 2.84 bits per heavy atom. The zero-order valence-electron chi connectivity index (χ0n) is 17.6. The van der Waals surface area contributed by atoms with Gasteiger partial charge < -0.3 is 10.1 Å². The van der Waals surface area contributed by atoms with E-state index in [4.69, 9.17) is 21.3 Å². The minimum Gasteiger partial charge on any atom is -0.376 e. The van der Waals surface area contributed by atoms with Crippen molar-refractivity contribution in [2.75, 3.05) is 13.2 Å². The van der Waals surface area contributed by atoms with Crippen molar-refractivity contribution >= 4 is 40.2 Å². The van der Waals surface area contributed by atoms with Gasteiger partial charge in [0.05, 0.1) is 17.0 Å². The molecule has 32 heavy (non-hydrogen) atoms. The van der Waals surface area contributed by atoms with Crippen LogP contribution in [0.2, 0.25) is 5.02 Å². The highest BCUT2D eigenvalue weighted by Gasteiger charge is 2.18. The summed E-state index contributed by atoms with van der Waals surface area (Å²) in [5, 5.41) is 4.64. The van der Waals surface area contributed by atoms with E-state index in [9.17, 15) is 9.59 Å². The number of ether oxygens (including phenoxy) is 1. The zero-order chi connectivity index (χ0) is 22.5. The number of hydrogen-bond donors (Lipinski definition) is 1. The first-order valence-corrected chi connectivity index (χ1v) is 11.8. The van der Waals surface area contributed by atoms with Crippen molar-refractivity contribution in [3.05, 3.63) is 81.6 Å². The maximum atomic E-state index is 13.1. The van der Waals surface area contributed by atoms with Crippen molar-refractivity contribution in [1.82, 2.24) is 14.9 Å². The third-order valence-corrected chi connectivity index (χ3v) is 6.59. The molecule has 1 amide bonds. The number of carbonyl (C=O) groups is 1. The predicted octanol–water partition coefficient (Wildman–Crippen LogP) is 4.44. The highest BCUT2D eigenvalue weighted by molar-refractivity contribution is 7.98. The number of amides is 1. The van der Waals surface area contributed by atoms with E-state index < -0.39 is 0 Å². The number of halogens is 1. The van der Waals surface area contributed by atoms with Gasteiger partial charge in [-0.15, -0.1) is 6.58 Å². The fraction of sp³-hybridized carbons (Fsp3) is 0.292. The normalized spacial score (nSPS) is 15.7. The van der Waals surface area contributed by atoms with Crippen molar-refractivity contribution in [3.8, 4) is 0 Å². The number of fused-ring (bicyclic) bond motifs is 1. The van der Waals surface area contributed by atoms with Gasteiger partial charge in [-0.2, -0.15) is 0 Å². The lowest BCUT2D eigenvalue weighted by Crippen LogP contribution is -2.31. The van der Waals surface area contributed by atoms with E-state index in [2.05, 4.69) is 11.9 Å². The van der Waals surface area contributed by atoms with Crippen LogP contribution in [0, 0.1) is 0 Å². The number of carbonyl (C=O) groups excluding carboxylic acids is 1. The number of nitrogens with one attached hydrogen (secondary N) is 1. The Bertz CT molecular complexity index is 1190. The number of benzene rings is 2. The third-order valence-electron chi connectivity index (χ3n) is 5.29. The highest BCUT2D eigenvalue weighted by Crippen LogP contribution is 2.23. The molecule has 0 bridgehead atoms. The van der Waals surface area contributed by atoms with Crippen LogP contribution in [0.4, 0.5) is 0 Å². The number of allylic oxidation sites excluding steroid dienone is 1. The maximum Gasteiger partial charge on any atom is 0.262 e. The van der Waals surface area contributed by atoms with E-state index in [0.29, 0.717) is 45.5 Å². The summed E-state index contributed by atoms with van der Waals surface area (Å²) in [6.45, 7) is 5.34. The molecule has 3 aromatic rings. The van der Waals surface area contributed by atoms with Gasteiger partial charge >= 0.3 is 0 Å². The van der Waals surface area contributed by atoms with Gasteiger partial charge in [0.15, 0.2) is 5.16 Å². The van der Waals surface area contributed by atoms with Gasteiger partial charge in [0.2, 0.25) is 0 Å². The van der Waals surface area contributed by atoms with Crippen LogP contribution in [0.5, 0.6) is 0 Å². The Hall–Kier alpha value is -2.61. The SMILES string of the molecule is C=CCn1c(SCc2ccc(Cl)cc2)nc2cc(C(=O)NC[C@H]3CCCO3)ccc2c1=O. The zero-order valence-corrected chi connectivity index (χ0v) is 19.1. The summed E-state index contributed by atoms with van der Waals surface area (Å²) in [4.78, 5) is 30.4.